The van der Waals surface area contributed by atoms with Crippen LogP contribution in [-0.4, -0.2) is 6.61 Å². The van der Waals surface area contributed by atoms with E-state index in [1.165, 1.54) is 0 Å². The zero-order valence-corrected chi connectivity index (χ0v) is 7.94. The molecule has 1 rings (SSSR count). The first kappa shape index (κ1) is 9.93. The van der Waals surface area contributed by atoms with Crippen LogP contribution in [0.15, 0.2) is 16.6 Å². The molecule has 2 nitrogen and oxygen atoms in total. The van der Waals surface area contributed by atoms with E-state index in [4.69, 9.17) is 5.26 Å². The van der Waals surface area contributed by atoms with Gasteiger partial charge in [-0.15, -0.1) is 0 Å². The summed E-state index contributed by atoms with van der Waals surface area (Å²) in [6, 6.07) is 3.49. The van der Waals surface area contributed by atoms with E-state index < -0.39 is 11.6 Å². The molecule has 0 spiro atoms. The molecule has 0 saturated carbocycles. The first-order valence-electron chi connectivity index (χ1n) is 3.29. The number of benzene rings is 1. The molecule has 1 aromatic carbocycles. The average Bonchev–Trinajstić information content (AvgIpc) is 2.09. The van der Waals surface area contributed by atoms with Gasteiger partial charge in [0.2, 0.25) is 0 Å². The van der Waals surface area contributed by atoms with E-state index in [1.807, 2.05) is 0 Å². The molecule has 1 aromatic rings. The van der Waals surface area contributed by atoms with Crippen LogP contribution in [-0.2, 0) is 0 Å². The first-order valence-corrected chi connectivity index (χ1v) is 4.08. The maximum Gasteiger partial charge on any atom is 0.174 e. The van der Waals surface area contributed by atoms with Crippen LogP contribution in [0.3, 0.4) is 0 Å². The summed E-state index contributed by atoms with van der Waals surface area (Å²) >= 11 is 2.81. The zero-order chi connectivity index (χ0) is 9.84. The van der Waals surface area contributed by atoms with Crippen molar-refractivity contribution in [3.8, 4) is 11.8 Å². The van der Waals surface area contributed by atoms with Crippen LogP contribution in [0.2, 0.25) is 0 Å². The van der Waals surface area contributed by atoms with Crippen molar-refractivity contribution in [2.24, 2.45) is 0 Å². The Morgan fingerprint density at radius 1 is 1.38 bits per heavy atom. The van der Waals surface area contributed by atoms with Crippen molar-refractivity contribution in [2.45, 2.75) is 0 Å². The van der Waals surface area contributed by atoms with E-state index in [2.05, 4.69) is 20.7 Å². The van der Waals surface area contributed by atoms with E-state index in [1.54, 1.807) is 6.07 Å². The molecule has 0 atom stereocenters. The maximum atomic E-state index is 12.9. The van der Waals surface area contributed by atoms with Gasteiger partial charge in [-0.1, -0.05) is 0 Å². The number of halogens is 3. The predicted molar refractivity (Wildman–Crippen MR) is 45.2 cm³/mol. The SMILES string of the molecule is N#CCOc1cc(F)c(Br)cc1F. The summed E-state index contributed by atoms with van der Waals surface area (Å²) < 4.78 is 30.4. The van der Waals surface area contributed by atoms with Crippen molar-refractivity contribution in [1.82, 2.24) is 0 Å². The standard InChI is InChI=1S/C8H4BrF2NO/c9-5-3-7(11)8(4-6(5)10)13-2-1-12/h3-4H,2H2. The number of hydrogen-bond acceptors (Lipinski definition) is 2. The fraction of sp³-hybridized carbons (Fsp3) is 0.125. The maximum absolute atomic E-state index is 12.9. The third-order valence-corrected chi connectivity index (χ3v) is 1.87. The molecule has 0 amide bonds. The van der Waals surface area contributed by atoms with Crippen molar-refractivity contribution in [1.29, 1.82) is 5.26 Å². The van der Waals surface area contributed by atoms with Crippen molar-refractivity contribution in [3.05, 3.63) is 28.2 Å². The van der Waals surface area contributed by atoms with E-state index in [0.717, 1.165) is 12.1 Å². The Kier molecular flexibility index (Phi) is 3.20. The molecular weight excluding hydrogens is 244 g/mol. The minimum absolute atomic E-state index is 0.0225. The summed E-state index contributed by atoms with van der Waals surface area (Å²) in [5.74, 6) is -1.60. The number of rotatable bonds is 2. The summed E-state index contributed by atoms with van der Waals surface area (Å²) in [6.45, 7) is -0.308. The van der Waals surface area contributed by atoms with Gasteiger partial charge in [-0.05, 0) is 22.0 Å². The van der Waals surface area contributed by atoms with Crippen LogP contribution in [0.25, 0.3) is 0 Å². The topological polar surface area (TPSA) is 33.0 Å². The molecule has 0 N–H and O–H groups in total. The number of ether oxygens (including phenoxy) is 1. The average molecular weight is 248 g/mol. The molecule has 0 radical (unpaired) electrons. The Hall–Kier alpha value is -1.15. The van der Waals surface area contributed by atoms with Crippen LogP contribution in [0.1, 0.15) is 0 Å². The lowest BCUT2D eigenvalue weighted by atomic mass is 10.3. The summed E-state index contributed by atoms with van der Waals surface area (Å²) in [6.07, 6.45) is 0. The van der Waals surface area contributed by atoms with E-state index in [0.29, 0.717) is 0 Å². The molecule has 13 heavy (non-hydrogen) atoms. The van der Waals surface area contributed by atoms with Gasteiger partial charge in [-0.2, -0.15) is 5.26 Å². The van der Waals surface area contributed by atoms with E-state index >= 15 is 0 Å². The molecule has 0 unspecified atom stereocenters. The first-order chi connectivity index (χ1) is 6.15. The van der Waals surface area contributed by atoms with Gasteiger partial charge in [0.25, 0.3) is 0 Å². The highest BCUT2D eigenvalue weighted by Crippen LogP contribution is 2.24. The Morgan fingerprint density at radius 3 is 2.69 bits per heavy atom. The molecule has 0 aliphatic heterocycles. The lowest BCUT2D eigenvalue weighted by Gasteiger charge is -2.03. The van der Waals surface area contributed by atoms with Crippen LogP contribution in [0, 0.1) is 23.0 Å². The van der Waals surface area contributed by atoms with Gasteiger partial charge in [-0.25, -0.2) is 8.78 Å². The van der Waals surface area contributed by atoms with Crippen molar-refractivity contribution < 1.29 is 13.5 Å². The Labute approximate surface area is 81.9 Å². The van der Waals surface area contributed by atoms with Crippen LogP contribution >= 0.6 is 15.9 Å². The van der Waals surface area contributed by atoms with Crippen LogP contribution in [0.5, 0.6) is 5.75 Å². The highest BCUT2D eigenvalue weighted by molar-refractivity contribution is 9.10. The quantitative estimate of drug-likeness (QED) is 0.753. The summed E-state index contributed by atoms with van der Waals surface area (Å²) in [4.78, 5) is 0. The third-order valence-electron chi connectivity index (χ3n) is 1.27. The molecule has 0 saturated heterocycles. The minimum Gasteiger partial charge on any atom is -0.476 e. The summed E-state index contributed by atoms with van der Waals surface area (Å²) in [7, 11) is 0. The molecule has 5 heteroatoms. The van der Waals surface area contributed by atoms with Gasteiger partial charge in [0.05, 0.1) is 4.47 Å². The fourth-order valence-electron chi connectivity index (χ4n) is 0.725. The van der Waals surface area contributed by atoms with Crippen molar-refractivity contribution >= 4 is 15.9 Å². The van der Waals surface area contributed by atoms with Crippen LogP contribution < -0.4 is 4.74 Å². The highest BCUT2D eigenvalue weighted by Gasteiger charge is 2.08. The molecule has 0 aromatic heterocycles. The Bertz CT molecular complexity index is 362. The second-order valence-electron chi connectivity index (χ2n) is 2.14. The molecule has 68 valence electrons. The molecular formula is C8H4BrF2NO. The van der Waals surface area contributed by atoms with Gasteiger partial charge in [0.1, 0.15) is 11.9 Å². The largest absolute Gasteiger partial charge is 0.476 e. The lowest BCUT2D eigenvalue weighted by molar-refractivity contribution is 0.343. The molecule has 0 bridgehead atoms. The fourth-order valence-corrected chi connectivity index (χ4v) is 1.04. The second-order valence-corrected chi connectivity index (χ2v) is 3.00. The van der Waals surface area contributed by atoms with Gasteiger partial charge < -0.3 is 4.74 Å². The number of hydrogen-bond donors (Lipinski definition) is 0. The lowest BCUT2D eigenvalue weighted by Crippen LogP contribution is -1.97. The number of nitriles is 1. The zero-order valence-electron chi connectivity index (χ0n) is 6.35. The van der Waals surface area contributed by atoms with Gasteiger partial charge in [0, 0.05) is 6.07 Å². The van der Waals surface area contributed by atoms with Crippen molar-refractivity contribution in [3.63, 3.8) is 0 Å². The predicted octanol–water partition coefficient (Wildman–Crippen LogP) is 2.63. The Morgan fingerprint density at radius 2 is 2.08 bits per heavy atom. The summed E-state index contributed by atoms with van der Waals surface area (Å²) in [5, 5.41) is 8.14. The minimum atomic E-state index is -0.705. The van der Waals surface area contributed by atoms with E-state index in [-0.39, 0.29) is 16.8 Å². The molecule has 0 fully saturated rings. The van der Waals surface area contributed by atoms with Gasteiger partial charge in [0.15, 0.2) is 18.2 Å². The van der Waals surface area contributed by atoms with Crippen molar-refractivity contribution in [2.75, 3.05) is 6.61 Å². The van der Waals surface area contributed by atoms with Crippen LogP contribution in [0.4, 0.5) is 8.78 Å². The second kappa shape index (κ2) is 4.19. The highest BCUT2D eigenvalue weighted by atomic mass is 79.9. The molecule has 0 heterocycles. The smallest absolute Gasteiger partial charge is 0.174 e. The van der Waals surface area contributed by atoms with E-state index in [9.17, 15) is 8.78 Å². The Balaban J connectivity index is 2.96. The summed E-state index contributed by atoms with van der Waals surface area (Å²) in [5.41, 5.74) is 0. The third kappa shape index (κ3) is 2.39. The molecule has 0 aliphatic rings. The normalized spacial score (nSPS) is 9.38. The monoisotopic (exact) mass is 247 g/mol. The molecule has 0 aliphatic carbocycles. The van der Waals surface area contributed by atoms with Gasteiger partial charge in [-0.3, -0.25) is 0 Å². The number of nitrogens with zero attached hydrogens (tertiary/aromatic N) is 1. The van der Waals surface area contributed by atoms with Gasteiger partial charge >= 0.3 is 0 Å².